The van der Waals surface area contributed by atoms with Crippen LogP contribution in [0.1, 0.15) is 49.9 Å². The highest BCUT2D eigenvalue weighted by Crippen LogP contribution is 2.38. The second-order valence-electron chi connectivity index (χ2n) is 7.67. The molecule has 2 bridgehead atoms. The molecule has 0 saturated carbocycles. The Hall–Kier alpha value is -2.56. The summed E-state index contributed by atoms with van der Waals surface area (Å²) in [4.78, 5) is 19.4. The van der Waals surface area contributed by atoms with Gasteiger partial charge in [-0.05, 0) is 57.0 Å². The molecule has 0 spiro atoms. The summed E-state index contributed by atoms with van der Waals surface area (Å²) < 4.78 is 11.7. The summed E-state index contributed by atoms with van der Waals surface area (Å²) >= 11 is 0. The van der Waals surface area contributed by atoms with Crippen molar-refractivity contribution >= 4 is 5.91 Å². The number of carbonyl (C=O) groups is 1. The van der Waals surface area contributed by atoms with Gasteiger partial charge in [-0.2, -0.15) is 0 Å². The van der Waals surface area contributed by atoms with Gasteiger partial charge in [0.25, 0.3) is 5.91 Å². The van der Waals surface area contributed by atoms with Crippen molar-refractivity contribution in [2.45, 2.75) is 63.8 Å². The van der Waals surface area contributed by atoms with Gasteiger partial charge in [0.15, 0.2) is 0 Å². The largest absolute Gasteiger partial charge is 0.491 e. The molecule has 2 fully saturated rings. The van der Waals surface area contributed by atoms with E-state index in [1.807, 2.05) is 56.3 Å². The summed E-state index contributed by atoms with van der Waals surface area (Å²) in [5.41, 5.74) is 0.729. The summed E-state index contributed by atoms with van der Waals surface area (Å²) in [5.74, 6) is 1.59. The monoisotopic (exact) mass is 366 g/mol. The first-order valence-corrected chi connectivity index (χ1v) is 9.77. The second-order valence-corrected chi connectivity index (χ2v) is 7.67. The van der Waals surface area contributed by atoms with Gasteiger partial charge >= 0.3 is 0 Å². The van der Waals surface area contributed by atoms with Crippen molar-refractivity contribution in [3.05, 3.63) is 54.2 Å². The molecule has 142 valence electrons. The number of fused-ring (bicyclic) bond motifs is 2. The van der Waals surface area contributed by atoms with Gasteiger partial charge in [-0.1, -0.05) is 6.07 Å². The van der Waals surface area contributed by atoms with E-state index in [4.69, 9.17) is 9.47 Å². The van der Waals surface area contributed by atoms with E-state index in [-0.39, 0.29) is 30.2 Å². The van der Waals surface area contributed by atoms with Gasteiger partial charge in [0, 0.05) is 42.8 Å². The Balaban J connectivity index is 1.42. The summed E-state index contributed by atoms with van der Waals surface area (Å²) in [6, 6.07) is 13.7. The van der Waals surface area contributed by atoms with E-state index in [9.17, 15) is 4.79 Å². The maximum atomic E-state index is 13.1. The maximum absolute atomic E-state index is 13.1. The normalized spacial score (nSPS) is 24.1. The number of pyridine rings is 1. The average Bonchev–Trinajstić information content (AvgIpc) is 2.93. The minimum absolute atomic E-state index is 0.120. The van der Waals surface area contributed by atoms with Gasteiger partial charge in [0.2, 0.25) is 5.88 Å². The van der Waals surface area contributed by atoms with Gasteiger partial charge in [-0.15, -0.1) is 0 Å². The van der Waals surface area contributed by atoms with Crippen LogP contribution < -0.4 is 9.47 Å². The third-order valence-electron chi connectivity index (χ3n) is 5.32. The smallest absolute Gasteiger partial charge is 0.254 e. The van der Waals surface area contributed by atoms with Crippen LogP contribution in [-0.2, 0) is 0 Å². The van der Waals surface area contributed by atoms with Crippen molar-refractivity contribution < 1.29 is 14.3 Å². The van der Waals surface area contributed by atoms with Crippen molar-refractivity contribution in [1.82, 2.24) is 9.88 Å². The Kier molecular flexibility index (Phi) is 5.01. The summed E-state index contributed by atoms with van der Waals surface area (Å²) in [7, 11) is 0. The number of nitrogens with zero attached hydrogens (tertiary/aromatic N) is 2. The highest BCUT2D eigenvalue weighted by Gasteiger charge is 2.44. The third-order valence-corrected chi connectivity index (χ3v) is 5.32. The Labute approximate surface area is 160 Å². The molecule has 2 aliphatic heterocycles. The lowest BCUT2D eigenvalue weighted by molar-refractivity contribution is 0.0348. The zero-order chi connectivity index (χ0) is 18.8. The number of benzene rings is 1. The van der Waals surface area contributed by atoms with Crippen LogP contribution in [0, 0.1) is 0 Å². The Morgan fingerprint density at radius 3 is 2.37 bits per heavy atom. The quantitative estimate of drug-likeness (QED) is 0.800. The van der Waals surface area contributed by atoms with Crippen LogP contribution in [0.4, 0.5) is 0 Å². The summed E-state index contributed by atoms with van der Waals surface area (Å²) in [5, 5.41) is 0. The fourth-order valence-corrected chi connectivity index (χ4v) is 4.24. The van der Waals surface area contributed by atoms with E-state index in [1.54, 1.807) is 6.20 Å². The number of hydrogen-bond acceptors (Lipinski definition) is 4. The van der Waals surface area contributed by atoms with Crippen LogP contribution >= 0.6 is 0 Å². The van der Waals surface area contributed by atoms with Crippen molar-refractivity contribution in [2.75, 3.05) is 0 Å². The first kappa shape index (κ1) is 17.8. The number of carbonyl (C=O) groups excluding carboxylic acids is 1. The van der Waals surface area contributed by atoms with E-state index in [0.717, 1.165) is 37.0 Å². The van der Waals surface area contributed by atoms with E-state index in [0.29, 0.717) is 5.88 Å². The molecular formula is C22H26N2O3. The SMILES string of the molecule is CC(C)Oc1ccc(C(=O)N2C3CCC2CC(Oc2ccccn2)C3)cc1. The summed E-state index contributed by atoms with van der Waals surface area (Å²) in [6.07, 6.45) is 5.83. The number of rotatable bonds is 5. The standard InChI is InChI=1S/C22H26N2O3/c1-15(2)26-19-10-6-16(7-11-19)22(25)24-17-8-9-18(24)14-20(13-17)27-21-5-3-4-12-23-21/h3-7,10-12,15,17-18,20H,8-9,13-14H2,1-2H3. The molecule has 0 aliphatic carbocycles. The Morgan fingerprint density at radius 2 is 1.78 bits per heavy atom. The van der Waals surface area contributed by atoms with Gasteiger partial charge in [0.05, 0.1) is 6.10 Å². The number of ether oxygens (including phenoxy) is 2. The number of amides is 1. The first-order valence-electron chi connectivity index (χ1n) is 9.77. The molecule has 2 aromatic rings. The molecule has 0 radical (unpaired) electrons. The molecule has 5 nitrogen and oxygen atoms in total. The number of aromatic nitrogens is 1. The first-order chi connectivity index (χ1) is 13.1. The van der Waals surface area contributed by atoms with Crippen LogP contribution in [0.5, 0.6) is 11.6 Å². The van der Waals surface area contributed by atoms with E-state index >= 15 is 0 Å². The Morgan fingerprint density at radius 1 is 1.07 bits per heavy atom. The molecule has 2 aliphatic rings. The zero-order valence-corrected chi connectivity index (χ0v) is 15.9. The van der Waals surface area contributed by atoms with E-state index in [2.05, 4.69) is 9.88 Å². The van der Waals surface area contributed by atoms with Crippen molar-refractivity contribution in [3.63, 3.8) is 0 Å². The van der Waals surface area contributed by atoms with Crippen molar-refractivity contribution in [1.29, 1.82) is 0 Å². The van der Waals surface area contributed by atoms with Crippen LogP contribution in [0.3, 0.4) is 0 Å². The average molecular weight is 366 g/mol. The highest BCUT2D eigenvalue weighted by atomic mass is 16.5. The van der Waals surface area contributed by atoms with Gasteiger partial charge < -0.3 is 14.4 Å². The van der Waals surface area contributed by atoms with Gasteiger partial charge in [-0.3, -0.25) is 4.79 Å². The summed E-state index contributed by atoms with van der Waals surface area (Å²) in [6.45, 7) is 3.99. The van der Waals surface area contributed by atoms with Crippen molar-refractivity contribution in [3.8, 4) is 11.6 Å². The molecule has 27 heavy (non-hydrogen) atoms. The molecule has 2 saturated heterocycles. The molecule has 0 N–H and O–H groups in total. The minimum atomic E-state index is 0.120. The van der Waals surface area contributed by atoms with Crippen LogP contribution in [0.15, 0.2) is 48.7 Å². The molecule has 1 amide bonds. The van der Waals surface area contributed by atoms with Crippen molar-refractivity contribution in [2.24, 2.45) is 0 Å². The molecule has 5 heteroatoms. The Bertz CT molecular complexity index is 762. The molecule has 4 rings (SSSR count). The predicted octanol–water partition coefficient (Wildman–Crippen LogP) is 4.08. The lowest BCUT2D eigenvalue weighted by Crippen LogP contribution is -2.49. The molecule has 2 atom stereocenters. The number of hydrogen-bond donors (Lipinski definition) is 0. The second kappa shape index (κ2) is 7.59. The lowest BCUT2D eigenvalue weighted by atomic mass is 9.98. The van der Waals surface area contributed by atoms with E-state index < -0.39 is 0 Å². The molecule has 3 heterocycles. The molecule has 1 aromatic carbocycles. The fourth-order valence-electron chi connectivity index (χ4n) is 4.24. The predicted molar refractivity (Wildman–Crippen MR) is 103 cm³/mol. The molecule has 1 aromatic heterocycles. The maximum Gasteiger partial charge on any atom is 0.254 e. The minimum Gasteiger partial charge on any atom is -0.491 e. The van der Waals surface area contributed by atoms with Crippen LogP contribution in [0.2, 0.25) is 0 Å². The number of piperidine rings is 1. The van der Waals surface area contributed by atoms with Crippen LogP contribution in [-0.4, -0.2) is 40.1 Å². The molecule has 2 unspecified atom stereocenters. The topological polar surface area (TPSA) is 51.7 Å². The lowest BCUT2D eigenvalue weighted by Gasteiger charge is -2.38. The zero-order valence-electron chi connectivity index (χ0n) is 15.9. The fraction of sp³-hybridized carbons (Fsp3) is 0.455. The highest BCUT2D eigenvalue weighted by molar-refractivity contribution is 5.95. The van der Waals surface area contributed by atoms with Crippen LogP contribution in [0.25, 0.3) is 0 Å². The van der Waals surface area contributed by atoms with Gasteiger partial charge in [-0.25, -0.2) is 4.98 Å². The third kappa shape index (κ3) is 3.92. The van der Waals surface area contributed by atoms with Gasteiger partial charge in [0.1, 0.15) is 11.9 Å². The molecular weight excluding hydrogens is 340 g/mol. The van der Waals surface area contributed by atoms with E-state index in [1.165, 1.54) is 0 Å².